The molecule has 0 saturated carbocycles. The van der Waals surface area contributed by atoms with Crippen LogP contribution in [0.1, 0.15) is 38.9 Å². The first-order chi connectivity index (χ1) is 13.2. The lowest BCUT2D eigenvalue weighted by molar-refractivity contribution is 0.0691. The number of carbonyl (C=O) groups is 2. The molecule has 1 aromatic carbocycles. The average Bonchev–Trinajstić information content (AvgIpc) is 3.42. The molecule has 0 aliphatic carbocycles. The van der Waals surface area contributed by atoms with E-state index in [2.05, 4.69) is 15.4 Å². The molecular formula is C19H19N5O2S. The quantitative estimate of drug-likeness (QED) is 0.753. The zero-order valence-corrected chi connectivity index (χ0v) is 15.4. The number of thiophene rings is 1. The Morgan fingerprint density at radius 3 is 2.63 bits per heavy atom. The molecule has 3 aromatic rings. The van der Waals surface area contributed by atoms with Gasteiger partial charge >= 0.3 is 0 Å². The van der Waals surface area contributed by atoms with Gasteiger partial charge in [0.2, 0.25) is 0 Å². The number of nitrogens with one attached hydrogen (secondary N) is 1. The zero-order chi connectivity index (χ0) is 18.6. The number of anilines is 1. The summed E-state index contributed by atoms with van der Waals surface area (Å²) in [5.74, 6) is -0.260. The standard InChI is InChI=1S/C19H19N5O2S/c25-18(17-6-3-11-27-17)22-16-5-2-1-4-15(16)19(26)23-9-7-14(8-10-23)24-13-20-12-21-24/h1-6,11-14H,7-10H2,(H,22,25). The smallest absolute Gasteiger partial charge is 0.265 e. The summed E-state index contributed by atoms with van der Waals surface area (Å²) in [5, 5.41) is 8.91. The van der Waals surface area contributed by atoms with Crippen molar-refractivity contribution in [2.24, 2.45) is 0 Å². The molecule has 0 bridgehead atoms. The van der Waals surface area contributed by atoms with Gasteiger partial charge in [-0.15, -0.1) is 11.3 Å². The lowest BCUT2D eigenvalue weighted by Gasteiger charge is -2.32. The van der Waals surface area contributed by atoms with Crippen molar-refractivity contribution < 1.29 is 9.59 Å². The fraction of sp³-hybridized carbons (Fsp3) is 0.263. The number of likely N-dealkylation sites (tertiary alicyclic amines) is 1. The number of hydrogen-bond donors (Lipinski definition) is 1. The van der Waals surface area contributed by atoms with Crippen LogP contribution in [0.3, 0.4) is 0 Å². The van der Waals surface area contributed by atoms with E-state index in [1.807, 2.05) is 33.2 Å². The molecule has 1 N–H and O–H groups in total. The third kappa shape index (κ3) is 3.75. The molecule has 0 radical (unpaired) electrons. The van der Waals surface area contributed by atoms with Crippen LogP contribution in [0, 0.1) is 0 Å². The molecule has 1 fully saturated rings. The Bertz CT molecular complexity index is 916. The highest BCUT2D eigenvalue weighted by atomic mass is 32.1. The van der Waals surface area contributed by atoms with Gasteiger partial charge in [-0.3, -0.25) is 9.59 Å². The maximum absolute atomic E-state index is 13.0. The molecule has 8 heteroatoms. The minimum absolute atomic E-state index is 0.0610. The molecule has 0 atom stereocenters. The number of amides is 2. The van der Waals surface area contributed by atoms with E-state index in [1.165, 1.54) is 17.7 Å². The maximum Gasteiger partial charge on any atom is 0.265 e. The third-order valence-corrected chi connectivity index (χ3v) is 5.58. The van der Waals surface area contributed by atoms with Crippen molar-refractivity contribution in [1.82, 2.24) is 19.7 Å². The van der Waals surface area contributed by atoms with Crippen molar-refractivity contribution >= 4 is 28.8 Å². The Hall–Kier alpha value is -3.00. The summed E-state index contributed by atoms with van der Waals surface area (Å²) in [5.41, 5.74) is 1.06. The second-order valence-electron chi connectivity index (χ2n) is 6.38. The predicted molar refractivity (Wildman–Crippen MR) is 103 cm³/mol. The van der Waals surface area contributed by atoms with E-state index in [9.17, 15) is 9.59 Å². The topological polar surface area (TPSA) is 80.1 Å². The molecule has 138 valence electrons. The van der Waals surface area contributed by atoms with Gasteiger partial charge in [-0.25, -0.2) is 9.67 Å². The van der Waals surface area contributed by atoms with Crippen LogP contribution in [0.5, 0.6) is 0 Å². The summed E-state index contributed by atoms with van der Waals surface area (Å²) in [6.07, 6.45) is 4.92. The molecule has 7 nitrogen and oxygen atoms in total. The van der Waals surface area contributed by atoms with E-state index < -0.39 is 0 Å². The van der Waals surface area contributed by atoms with E-state index >= 15 is 0 Å². The van der Waals surface area contributed by atoms with Crippen LogP contribution >= 0.6 is 11.3 Å². The van der Waals surface area contributed by atoms with E-state index in [1.54, 1.807) is 24.5 Å². The van der Waals surface area contributed by atoms with Gasteiger partial charge in [-0.05, 0) is 36.4 Å². The first-order valence-electron chi connectivity index (χ1n) is 8.79. The van der Waals surface area contributed by atoms with Crippen LogP contribution in [0.15, 0.2) is 54.4 Å². The molecule has 1 aliphatic heterocycles. The molecule has 0 spiro atoms. The van der Waals surface area contributed by atoms with Crippen molar-refractivity contribution in [2.45, 2.75) is 18.9 Å². The van der Waals surface area contributed by atoms with Crippen LogP contribution in [-0.2, 0) is 0 Å². The molecule has 27 heavy (non-hydrogen) atoms. The Balaban J connectivity index is 1.45. The highest BCUT2D eigenvalue weighted by Crippen LogP contribution is 2.25. The van der Waals surface area contributed by atoms with Gasteiger partial charge in [-0.2, -0.15) is 5.10 Å². The van der Waals surface area contributed by atoms with E-state index in [4.69, 9.17) is 0 Å². The van der Waals surface area contributed by atoms with E-state index in [0.29, 0.717) is 29.2 Å². The van der Waals surface area contributed by atoms with E-state index in [0.717, 1.165) is 12.8 Å². The summed E-state index contributed by atoms with van der Waals surface area (Å²) >= 11 is 1.37. The summed E-state index contributed by atoms with van der Waals surface area (Å²) in [6, 6.07) is 11.0. The molecule has 4 rings (SSSR count). The molecule has 0 unspecified atom stereocenters. The minimum Gasteiger partial charge on any atom is -0.338 e. The number of hydrogen-bond acceptors (Lipinski definition) is 5. The SMILES string of the molecule is O=C(Nc1ccccc1C(=O)N1CCC(n2cncn2)CC1)c1cccs1. The summed E-state index contributed by atoms with van der Waals surface area (Å²) in [4.78, 5) is 31.8. The van der Waals surface area contributed by atoms with Crippen molar-refractivity contribution in [3.8, 4) is 0 Å². The average molecular weight is 381 g/mol. The second kappa shape index (κ2) is 7.71. The fourth-order valence-corrected chi connectivity index (χ4v) is 3.90. The van der Waals surface area contributed by atoms with Crippen LogP contribution in [0.4, 0.5) is 5.69 Å². The second-order valence-corrected chi connectivity index (χ2v) is 7.32. The number of rotatable bonds is 4. The lowest BCUT2D eigenvalue weighted by atomic mass is 10.0. The maximum atomic E-state index is 13.0. The van der Waals surface area contributed by atoms with Gasteiger partial charge in [0, 0.05) is 13.1 Å². The molecular weight excluding hydrogens is 362 g/mol. The molecule has 1 aliphatic rings. The lowest BCUT2D eigenvalue weighted by Crippen LogP contribution is -2.39. The van der Waals surface area contributed by atoms with Gasteiger partial charge < -0.3 is 10.2 Å². The Morgan fingerprint density at radius 1 is 1.11 bits per heavy atom. The zero-order valence-electron chi connectivity index (χ0n) is 14.6. The fourth-order valence-electron chi connectivity index (χ4n) is 3.28. The number of nitrogens with zero attached hydrogens (tertiary/aromatic N) is 4. The van der Waals surface area contributed by atoms with Crippen LogP contribution < -0.4 is 5.32 Å². The van der Waals surface area contributed by atoms with Gasteiger partial charge in [0.1, 0.15) is 12.7 Å². The van der Waals surface area contributed by atoms with Crippen molar-refractivity contribution in [3.05, 3.63) is 64.9 Å². The molecule has 2 aromatic heterocycles. The molecule has 3 heterocycles. The van der Waals surface area contributed by atoms with Crippen LogP contribution in [-0.4, -0.2) is 44.6 Å². The largest absolute Gasteiger partial charge is 0.338 e. The van der Waals surface area contributed by atoms with Gasteiger partial charge in [0.25, 0.3) is 11.8 Å². The molecule has 1 saturated heterocycles. The number of carbonyl (C=O) groups excluding carboxylic acids is 2. The monoisotopic (exact) mass is 381 g/mol. The highest BCUT2D eigenvalue weighted by molar-refractivity contribution is 7.12. The predicted octanol–water partition coefficient (Wildman–Crippen LogP) is 3.07. The highest BCUT2D eigenvalue weighted by Gasteiger charge is 2.26. The number of benzene rings is 1. The van der Waals surface area contributed by atoms with Crippen molar-refractivity contribution in [3.63, 3.8) is 0 Å². The minimum atomic E-state index is -0.199. The Labute approximate surface area is 160 Å². The normalized spacial score (nSPS) is 14.9. The number of aromatic nitrogens is 3. The van der Waals surface area contributed by atoms with Gasteiger partial charge in [-0.1, -0.05) is 18.2 Å². The Morgan fingerprint density at radius 2 is 1.93 bits per heavy atom. The van der Waals surface area contributed by atoms with Crippen LogP contribution in [0.25, 0.3) is 0 Å². The van der Waals surface area contributed by atoms with Gasteiger partial charge in [0.05, 0.1) is 22.2 Å². The summed E-state index contributed by atoms with van der Waals surface area (Å²) < 4.78 is 1.86. The first kappa shape index (κ1) is 17.4. The van der Waals surface area contributed by atoms with Crippen molar-refractivity contribution in [1.29, 1.82) is 0 Å². The Kier molecular flexibility index (Phi) is 4.97. The summed E-state index contributed by atoms with van der Waals surface area (Å²) in [7, 11) is 0. The van der Waals surface area contributed by atoms with Gasteiger partial charge in [0.15, 0.2) is 0 Å². The van der Waals surface area contributed by atoms with Crippen LogP contribution in [0.2, 0.25) is 0 Å². The first-order valence-corrected chi connectivity index (χ1v) is 9.67. The number of piperidine rings is 1. The summed E-state index contributed by atoms with van der Waals surface area (Å²) in [6.45, 7) is 1.30. The van der Waals surface area contributed by atoms with E-state index in [-0.39, 0.29) is 17.9 Å². The molecule has 2 amide bonds. The number of para-hydroxylation sites is 1. The van der Waals surface area contributed by atoms with Crippen molar-refractivity contribution in [2.75, 3.05) is 18.4 Å². The third-order valence-electron chi connectivity index (χ3n) is 4.71.